The number of amides is 3. The zero-order chi connectivity index (χ0) is 14.7. The molecule has 7 heteroatoms. The second kappa shape index (κ2) is 6.21. The molecule has 2 aliphatic rings. The summed E-state index contributed by atoms with van der Waals surface area (Å²) in [4.78, 5) is 41.0. The van der Waals surface area contributed by atoms with Crippen molar-refractivity contribution in [1.29, 1.82) is 0 Å². The molecule has 2 fully saturated rings. The van der Waals surface area contributed by atoms with Crippen molar-refractivity contribution in [3.8, 4) is 0 Å². The van der Waals surface area contributed by atoms with Crippen LogP contribution in [-0.4, -0.2) is 85.3 Å². The Hall–Kier alpha value is -1.63. The lowest BCUT2D eigenvalue weighted by atomic mass is 10.1. The zero-order valence-corrected chi connectivity index (χ0v) is 12.1. The second-order valence-electron chi connectivity index (χ2n) is 5.32. The van der Waals surface area contributed by atoms with E-state index in [0.29, 0.717) is 13.1 Å². The first-order chi connectivity index (χ1) is 9.52. The van der Waals surface area contributed by atoms with Gasteiger partial charge < -0.3 is 15.1 Å². The number of nitrogens with one attached hydrogen (secondary N) is 1. The molecule has 0 aromatic heterocycles. The van der Waals surface area contributed by atoms with Gasteiger partial charge in [0, 0.05) is 59.7 Å². The Labute approximate surface area is 118 Å². The fourth-order valence-corrected chi connectivity index (χ4v) is 2.70. The third-order valence-corrected chi connectivity index (χ3v) is 4.07. The molecule has 2 aliphatic heterocycles. The molecule has 7 nitrogen and oxygen atoms in total. The maximum Gasteiger partial charge on any atom is 0.241 e. The van der Waals surface area contributed by atoms with Crippen LogP contribution in [0.5, 0.6) is 0 Å². The number of piperazine rings is 2. The molecule has 2 saturated heterocycles. The van der Waals surface area contributed by atoms with Crippen LogP contribution in [0.2, 0.25) is 0 Å². The zero-order valence-electron chi connectivity index (χ0n) is 12.1. The molecule has 0 saturated carbocycles. The lowest BCUT2D eigenvalue weighted by Crippen LogP contribution is -2.64. The minimum absolute atomic E-state index is 0.0470. The van der Waals surface area contributed by atoms with Gasteiger partial charge in [-0.1, -0.05) is 0 Å². The summed E-state index contributed by atoms with van der Waals surface area (Å²) in [6.07, 6.45) is 0.407. The highest BCUT2D eigenvalue weighted by atomic mass is 16.2. The third-order valence-electron chi connectivity index (χ3n) is 4.07. The first-order valence-corrected chi connectivity index (χ1v) is 7.00. The van der Waals surface area contributed by atoms with Crippen LogP contribution in [0.4, 0.5) is 0 Å². The van der Waals surface area contributed by atoms with Crippen molar-refractivity contribution < 1.29 is 14.4 Å². The first kappa shape index (κ1) is 14.8. The summed E-state index contributed by atoms with van der Waals surface area (Å²) in [5, 5.41) is 2.50. The summed E-state index contributed by atoms with van der Waals surface area (Å²) in [5.41, 5.74) is 0. The Bertz CT molecular complexity index is 412. The van der Waals surface area contributed by atoms with Crippen molar-refractivity contribution in [3.63, 3.8) is 0 Å². The molecule has 112 valence electrons. The second-order valence-corrected chi connectivity index (χ2v) is 5.32. The van der Waals surface area contributed by atoms with Crippen LogP contribution in [0.3, 0.4) is 0 Å². The molecule has 2 heterocycles. The van der Waals surface area contributed by atoms with Crippen molar-refractivity contribution >= 4 is 17.7 Å². The van der Waals surface area contributed by atoms with E-state index in [9.17, 15) is 14.4 Å². The predicted molar refractivity (Wildman–Crippen MR) is 72.9 cm³/mol. The van der Waals surface area contributed by atoms with Gasteiger partial charge in [0.15, 0.2) is 0 Å². The van der Waals surface area contributed by atoms with Crippen LogP contribution >= 0.6 is 0 Å². The van der Waals surface area contributed by atoms with Gasteiger partial charge >= 0.3 is 0 Å². The number of nitrogens with zero attached hydrogens (tertiary/aromatic N) is 3. The summed E-state index contributed by atoms with van der Waals surface area (Å²) < 4.78 is 0. The highest BCUT2D eigenvalue weighted by Crippen LogP contribution is 2.16. The summed E-state index contributed by atoms with van der Waals surface area (Å²) in [6, 6.07) is -0.216. The molecule has 2 rings (SSSR count). The van der Waals surface area contributed by atoms with E-state index >= 15 is 0 Å². The van der Waals surface area contributed by atoms with Crippen LogP contribution in [0.25, 0.3) is 0 Å². The highest BCUT2D eigenvalue weighted by Gasteiger charge is 2.38. The molecule has 0 aliphatic carbocycles. The Morgan fingerprint density at radius 2 is 1.90 bits per heavy atom. The number of hydrogen-bond acceptors (Lipinski definition) is 4. The lowest BCUT2D eigenvalue weighted by molar-refractivity contribution is -0.147. The molecular formula is C13H22N4O3. The number of likely N-dealkylation sites (N-methyl/N-ethyl adjacent to an activating group) is 1. The number of rotatable bonds is 3. The smallest absolute Gasteiger partial charge is 0.241 e. The Balaban J connectivity index is 1.90. The lowest BCUT2D eigenvalue weighted by Gasteiger charge is -2.45. The molecular weight excluding hydrogens is 260 g/mol. The van der Waals surface area contributed by atoms with E-state index in [1.807, 2.05) is 0 Å². The van der Waals surface area contributed by atoms with Crippen LogP contribution in [0.1, 0.15) is 12.8 Å². The molecule has 0 aromatic carbocycles. The van der Waals surface area contributed by atoms with Crippen molar-refractivity contribution in [2.24, 2.45) is 0 Å². The fraction of sp³-hybridized carbons (Fsp3) is 0.769. The molecule has 1 atom stereocenters. The van der Waals surface area contributed by atoms with E-state index in [1.54, 1.807) is 23.9 Å². The van der Waals surface area contributed by atoms with E-state index in [-0.39, 0.29) is 36.6 Å². The molecule has 1 unspecified atom stereocenters. The van der Waals surface area contributed by atoms with Gasteiger partial charge in [-0.25, -0.2) is 0 Å². The van der Waals surface area contributed by atoms with E-state index in [4.69, 9.17) is 0 Å². The van der Waals surface area contributed by atoms with E-state index < -0.39 is 0 Å². The standard InChI is InChI=1S/C13H22N4O3/c1-14-11(18)3-4-12(19)17-8-7-16-6-5-15(2)13(20)10(16)9-17/h10H,3-9H2,1-2H3,(H,14,18). The molecule has 0 radical (unpaired) electrons. The molecule has 0 aromatic rings. The van der Waals surface area contributed by atoms with Gasteiger partial charge in [-0.2, -0.15) is 0 Å². The Morgan fingerprint density at radius 1 is 1.20 bits per heavy atom. The van der Waals surface area contributed by atoms with Crippen molar-refractivity contribution in [1.82, 2.24) is 20.0 Å². The Kier molecular flexibility index (Phi) is 4.59. The average molecular weight is 282 g/mol. The van der Waals surface area contributed by atoms with Gasteiger partial charge in [0.25, 0.3) is 0 Å². The van der Waals surface area contributed by atoms with Crippen LogP contribution < -0.4 is 5.32 Å². The van der Waals surface area contributed by atoms with Gasteiger partial charge in [-0.05, 0) is 0 Å². The number of hydrogen-bond donors (Lipinski definition) is 1. The van der Waals surface area contributed by atoms with Crippen LogP contribution in [0, 0.1) is 0 Å². The molecule has 1 N–H and O–H groups in total. The summed E-state index contributed by atoms with van der Waals surface area (Å²) in [6.45, 7) is 3.43. The number of carbonyl (C=O) groups excluding carboxylic acids is 3. The van der Waals surface area contributed by atoms with E-state index in [2.05, 4.69) is 10.2 Å². The van der Waals surface area contributed by atoms with Crippen LogP contribution in [0.15, 0.2) is 0 Å². The van der Waals surface area contributed by atoms with Gasteiger partial charge in [-0.3, -0.25) is 19.3 Å². The SMILES string of the molecule is CNC(=O)CCC(=O)N1CCN2CCN(C)C(=O)C2C1. The number of fused-ring (bicyclic) bond motifs is 1. The normalized spacial score (nSPS) is 23.5. The monoisotopic (exact) mass is 282 g/mol. The van der Waals surface area contributed by atoms with E-state index in [0.717, 1.165) is 19.6 Å². The minimum atomic E-state index is -0.216. The quantitative estimate of drug-likeness (QED) is 0.683. The van der Waals surface area contributed by atoms with Gasteiger partial charge in [0.1, 0.15) is 6.04 Å². The van der Waals surface area contributed by atoms with Crippen molar-refractivity contribution in [2.75, 3.05) is 46.8 Å². The average Bonchev–Trinajstić information content (AvgIpc) is 2.48. The largest absolute Gasteiger partial charge is 0.359 e. The number of carbonyl (C=O) groups is 3. The fourth-order valence-electron chi connectivity index (χ4n) is 2.70. The Morgan fingerprint density at radius 3 is 2.60 bits per heavy atom. The van der Waals surface area contributed by atoms with Crippen LogP contribution in [-0.2, 0) is 14.4 Å². The minimum Gasteiger partial charge on any atom is -0.359 e. The van der Waals surface area contributed by atoms with Crippen molar-refractivity contribution in [3.05, 3.63) is 0 Å². The summed E-state index contributed by atoms with van der Waals surface area (Å²) >= 11 is 0. The van der Waals surface area contributed by atoms with Crippen molar-refractivity contribution in [2.45, 2.75) is 18.9 Å². The predicted octanol–water partition coefficient (Wildman–Crippen LogP) is -1.50. The maximum atomic E-state index is 12.1. The van der Waals surface area contributed by atoms with E-state index in [1.165, 1.54) is 0 Å². The van der Waals surface area contributed by atoms with Gasteiger partial charge in [0.05, 0.1) is 0 Å². The molecule has 0 bridgehead atoms. The third kappa shape index (κ3) is 3.09. The molecule has 20 heavy (non-hydrogen) atoms. The highest BCUT2D eigenvalue weighted by molar-refractivity contribution is 5.86. The summed E-state index contributed by atoms with van der Waals surface area (Å²) in [7, 11) is 3.36. The first-order valence-electron chi connectivity index (χ1n) is 7.00. The van der Waals surface area contributed by atoms with Gasteiger partial charge in [-0.15, -0.1) is 0 Å². The maximum absolute atomic E-state index is 12.1. The topological polar surface area (TPSA) is 73.0 Å². The molecule has 0 spiro atoms. The summed E-state index contributed by atoms with van der Waals surface area (Å²) in [5.74, 6) is -0.0974. The molecule has 3 amide bonds. The van der Waals surface area contributed by atoms with Gasteiger partial charge in [0.2, 0.25) is 17.7 Å².